The third kappa shape index (κ3) is 6.12. The van der Waals surface area contributed by atoms with Crippen molar-refractivity contribution in [3.8, 4) is 11.1 Å². The van der Waals surface area contributed by atoms with Crippen LogP contribution in [0, 0.1) is 12.8 Å². The van der Waals surface area contributed by atoms with Gasteiger partial charge in [0.05, 0.1) is 6.42 Å². The Bertz CT molecular complexity index is 922. The molecule has 2 unspecified atom stereocenters. The van der Waals surface area contributed by atoms with Crippen LogP contribution in [0.4, 0.5) is 13.2 Å². The van der Waals surface area contributed by atoms with Crippen LogP contribution in [0.2, 0.25) is 0 Å². The maximum atomic E-state index is 13.9. The number of rotatable bonds is 7. The Kier molecular flexibility index (Phi) is 7.65. The number of benzene rings is 2. The Labute approximate surface area is 188 Å². The normalized spacial score (nSPS) is 20.0. The predicted octanol–water partition coefficient (Wildman–Crippen LogP) is 6.79. The highest BCUT2D eigenvalue weighted by molar-refractivity contribution is 5.73. The van der Waals surface area contributed by atoms with E-state index in [1.165, 1.54) is 0 Å². The molecule has 174 valence electrons. The second-order valence-electron chi connectivity index (χ2n) is 9.32. The topological polar surface area (TPSA) is 40.5 Å². The van der Waals surface area contributed by atoms with E-state index >= 15 is 0 Å². The number of carbonyl (C=O) groups is 1. The molecule has 0 amide bonds. The molecule has 1 fully saturated rings. The maximum Gasteiger partial charge on any atom is 0.404 e. The zero-order valence-electron chi connectivity index (χ0n) is 19.0. The number of alkyl halides is 3. The van der Waals surface area contributed by atoms with Crippen LogP contribution >= 0.6 is 0 Å². The summed E-state index contributed by atoms with van der Waals surface area (Å²) in [4.78, 5) is 13.0. The lowest BCUT2D eigenvalue weighted by atomic mass is 9.87. The van der Waals surface area contributed by atoms with Gasteiger partial charge in [0.2, 0.25) is 0 Å². The fraction of sp³-hybridized carbons (Fsp3) is 0.500. The molecule has 2 atom stereocenters. The SMILES string of the molecule is Cc1ccc(-c2cc(CC(=O)O)cc(C3CCCC(C(F)(F)F)N3CCC(C)C)c2)cc1. The lowest BCUT2D eigenvalue weighted by Crippen LogP contribution is -2.50. The van der Waals surface area contributed by atoms with Crippen molar-refractivity contribution in [1.82, 2.24) is 4.90 Å². The number of hydrogen-bond acceptors (Lipinski definition) is 2. The summed E-state index contributed by atoms with van der Waals surface area (Å²) in [6, 6.07) is 11.6. The fourth-order valence-corrected chi connectivity index (χ4v) is 4.58. The van der Waals surface area contributed by atoms with E-state index in [0.717, 1.165) is 22.3 Å². The van der Waals surface area contributed by atoms with E-state index in [2.05, 4.69) is 0 Å². The van der Waals surface area contributed by atoms with Crippen molar-refractivity contribution in [1.29, 1.82) is 0 Å². The average molecular weight is 448 g/mol. The molecule has 2 aromatic carbocycles. The predicted molar refractivity (Wildman–Crippen MR) is 121 cm³/mol. The Hall–Kier alpha value is -2.34. The Morgan fingerprint density at radius 3 is 2.38 bits per heavy atom. The number of hydrogen-bond donors (Lipinski definition) is 1. The summed E-state index contributed by atoms with van der Waals surface area (Å²) in [6.45, 7) is 6.40. The lowest BCUT2D eigenvalue weighted by molar-refractivity contribution is -0.200. The van der Waals surface area contributed by atoms with Crippen molar-refractivity contribution in [2.24, 2.45) is 5.92 Å². The van der Waals surface area contributed by atoms with Gasteiger partial charge >= 0.3 is 12.1 Å². The number of carboxylic acids is 1. The molecule has 0 spiro atoms. The Balaban J connectivity index is 2.05. The Morgan fingerprint density at radius 1 is 1.09 bits per heavy atom. The van der Waals surface area contributed by atoms with Crippen LogP contribution in [-0.2, 0) is 11.2 Å². The molecule has 32 heavy (non-hydrogen) atoms. The second kappa shape index (κ2) is 10.1. The molecular formula is C26H32F3NO2. The highest BCUT2D eigenvalue weighted by atomic mass is 19.4. The van der Waals surface area contributed by atoms with Gasteiger partial charge in [-0.05, 0) is 73.4 Å². The third-order valence-corrected chi connectivity index (χ3v) is 6.24. The fourth-order valence-electron chi connectivity index (χ4n) is 4.58. The first-order valence-corrected chi connectivity index (χ1v) is 11.3. The molecule has 1 aliphatic heterocycles. The number of likely N-dealkylation sites (tertiary alicyclic amines) is 1. The zero-order chi connectivity index (χ0) is 23.5. The van der Waals surface area contributed by atoms with E-state index in [-0.39, 0.29) is 18.9 Å². The van der Waals surface area contributed by atoms with E-state index in [1.54, 1.807) is 11.0 Å². The minimum Gasteiger partial charge on any atom is -0.481 e. The largest absolute Gasteiger partial charge is 0.481 e. The summed E-state index contributed by atoms with van der Waals surface area (Å²) in [5.41, 5.74) is 4.27. The molecule has 1 heterocycles. The number of piperidine rings is 1. The van der Waals surface area contributed by atoms with Gasteiger partial charge in [-0.25, -0.2) is 0 Å². The van der Waals surface area contributed by atoms with Gasteiger partial charge in [0, 0.05) is 6.04 Å². The van der Waals surface area contributed by atoms with Crippen molar-refractivity contribution < 1.29 is 23.1 Å². The minimum absolute atomic E-state index is 0.109. The molecular weight excluding hydrogens is 415 g/mol. The molecule has 3 nitrogen and oxygen atoms in total. The van der Waals surface area contributed by atoms with Gasteiger partial charge in [-0.1, -0.05) is 55.8 Å². The van der Waals surface area contributed by atoms with E-state index in [0.29, 0.717) is 37.3 Å². The van der Waals surface area contributed by atoms with Crippen molar-refractivity contribution in [2.45, 2.75) is 71.1 Å². The second-order valence-corrected chi connectivity index (χ2v) is 9.32. The first-order valence-electron chi connectivity index (χ1n) is 11.3. The molecule has 6 heteroatoms. The first-order chi connectivity index (χ1) is 15.0. The molecule has 0 aromatic heterocycles. The van der Waals surface area contributed by atoms with Gasteiger partial charge in [0.1, 0.15) is 6.04 Å². The van der Waals surface area contributed by atoms with E-state index in [1.807, 2.05) is 57.2 Å². The summed E-state index contributed by atoms with van der Waals surface area (Å²) < 4.78 is 41.8. The van der Waals surface area contributed by atoms with Crippen molar-refractivity contribution in [2.75, 3.05) is 6.54 Å². The van der Waals surface area contributed by atoms with Crippen LogP contribution in [0.1, 0.15) is 62.3 Å². The van der Waals surface area contributed by atoms with Crippen LogP contribution < -0.4 is 0 Å². The average Bonchev–Trinajstić information content (AvgIpc) is 2.71. The molecule has 0 aliphatic carbocycles. The molecule has 1 N–H and O–H groups in total. The maximum absolute atomic E-state index is 13.9. The number of halogens is 3. The molecule has 1 aliphatic rings. The molecule has 0 bridgehead atoms. The lowest BCUT2D eigenvalue weighted by Gasteiger charge is -2.43. The highest BCUT2D eigenvalue weighted by Crippen LogP contribution is 2.42. The highest BCUT2D eigenvalue weighted by Gasteiger charge is 2.47. The van der Waals surface area contributed by atoms with Crippen LogP contribution in [0.5, 0.6) is 0 Å². The number of nitrogens with zero attached hydrogens (tertiary/aromatic N) is 1. The summed E-state index contributed by atoms with van der Waals surface area (Å²) in [5, 5.41) is 9.35. The summed E-state index contributed by atoms with van der Waals surface area (Å²) in [6.07, 6.45) is -2.52. The van der Waals surface area contributed by atoms with Gasteiger partial charge in [0.15, 0.2) is 0 Å². The third-order valence-electron chi connectivity index (χ3n) is 6.24. The van der Waals surface area contributed by atoms with Crippen LogP contribution in [0.15, 0.2) is 42.5 Å². The summed E-state index contributed by atoms with van der Waals surface area (Å²) in [5.74, 6) is -0.654. The number of carboxylic acid groups (broad SMARTS) is 1. The summed E-state index contributed by atoms with van der Waals surface area (Å²) in [7, 11) is 0. The smallest absolute Gasteiger partial charge is 0.404 e. The molecule has 2 aromatic rings. The molecule has 3 rings (SSSR count). The molecule has 1 saturated heterocycles. The van der Waals surface area contributed by atoms with Gasteiger partial charge in [-0.2, -0.15) is 13.2 Å². The first kappa shape index (κ1) is 24.3. The number of aryl methyl sites for hydroxylation is 1. The molecule has 0 radical (unpaired) electrons. The Morgan fingerprint density at radius 2 is 1.78 bits per heavy atom. The van der Waals surface area contributed by atoms with Gasteiger partial charge in [0.25, 0.3) is 0 Å². The minimum atomic E-state index is -4.28. The van der Waals surface area contributed by atoms with Crippen LogP contribution in [0.3, 0.4) is 0 Å². The standard InChI is InChI=1S/C26H32F3NO2/c1-17(2)11-12-30-23(5-4-6-24(30)26(27,28)29)22-14-19(15-25(31)32)13-21(16-22)20-9-7-18(3)8-10-20/h7-10,13-14,16-17,23-24H,4-6,11-12,15H2,1-3H3,(H,31,32). The molecule has 0 saturated carbocycles. The van der Waals surface area contributed by atoms with E-state index in [4.69, 9.17) is 0 Å². The van der Waals surface area contributed by atoms with Gasteiger partial charge in [-0.15, -0.1) is 0 Å². The van der Waals surface area contributed by atoms with Crippen molar-refractivity contribution >= 4 is 5.97 Å². The quantitative estimate of drug-likeness (QED) is 0.508. The van der Waals surface area contributed by atoms with E-state index < -0.39 is 18.2 Å². The van der Waals surface area contributed by atoms with Gasteiger partial charge < -0.3 is 5.11 Å². The van der Waals surface area contributed by atoms with E-state index in [9.17, 15) is 23.1 Å². The van der Waals surface area contributed by atoms with Crippen LogP contribution in [-0.4, -0.2) is 34.7 Å². The monoisotopic (exact) mass is 447 g/mol. The van der Waals surface area contributed by atoms with Crippen LogP contribution in [0.25, 0.3) is 11.1 Å². The number of aliphatic carboxylic acids is 1. The van der Waals surface area contributed by atoms with Crippen molar-refractivity contribution in [3.05, 3.63) is 59.2 Å². The van der Waals surface area contributed by atoms with Crippen molar-refractivity contribution in [3.63, 3.8) is 0 Å². The van der Waals surface area contributed by atoms with Gasteiger partial charge in [-0.3, -0.25) is 9.69 Å². The zero-order valence-corrected chi connectivity index (χ0v) is 19.0. The summed E-state index contributed by atoms with van der Waals surface area (Å²) >= 11 is 0.